The van der Waals surface area contributed by atoms with Crippen LogP contribution in [0.25, 0.3) is 0 Å². The lowest BCUT2D eigenvalue weighted by molar-refractivity contribution is -0.115. The fraction of sp³-hybridized carbons (Fsp3) is 0.0833. The van der Waals surface area contributed by atoms with Crippen LogP contribution >= 0.6 is 22.9 Å². The Bertz CT molecular complexity index is 654. The van der Waals surface area contributed by atoms with Crippen molar-refractivity contribution in [3.8, 4) is 0 Å². The van der Waals surface area contributed by atoms with Gasteiger partial charge in [0.2, 0.25) is 5.91 Å². The molecule has 1 aromatic heterocycles. The molecule has 0 saturated heterocycles. The van der Waals surface area contributed by atoms with Gasteiger partial charge in [0.15, 0.2) is 5.13 Å². The van der Waals surface area contributed by atoms with Crippen LogP contribution in [0, 0.1) is 5.82 Å². The van der Waals surface area contributed by atoms with Gasteiger partial charge in [0, 0.05) is 10.6 Å². The van der Waals surface area contributed by atoms with Gasteiger partial charge in [0.25, 0.3) is 5.91 Å². The van der Waals surface area contributed by atoms with Gasteiger partial charge in [-0.1, -0.05) is 29.0 Å². The van der Waals surface area contributed by atoms with Crippen molar-refractivity contribution in [2.45, 2.75) is 6.42 Å². The maximum atomic E-state index is 13.5. The molecule has 0 unspecified atom stereocenters. The molecule has 0 saturated carbocycles. The number of benzene rings is 1. The minimum Gasteiger partial charge on any atom is -0.365 e. The lowest BCUT2D eigenvalue weighted by Crippen LogP contribution is -2.15. The predicted molar refractivity (Wildman–Crippen MR) is 74.4 cm³/mol. The molecule has 8 heteroatoms. The molecule has 0 aliphatic carbocycles. The molecule has 1 heterocycles. The first kappa shape index (κ1) is 14.4. The Morgan fingerprint density at radius 2 is 2.20 bits per heavy atom. The van der Waals surface area contributed by atoms with E-state index in [1.165, 1.54) is 24.4 Å². The third-order valence-corrected chi connectivity index (χ3v) is 3.68. The minimum atomic E-state index is -0.625. The zero-order valence-electron chi connectivity index (χ0n) is 10.0. The highest BCUT2D eigenvalue weighted by Crippen LogP contribution is 2.21. The van der Waals surface area contributed by atoms with Crippen molar-refractivity contribution in [1.29, 1.82) is 0 Å². The number of carbonyl (C=O) groups excluding carboxylic acids is 2. The van der Waals surface area contributed by atoms with Crippen LogP contribution in [-0.2, 0) is 11.2 Å². The number of hydrogen-bond acceptors (Lipinski definition) is 4. The smallest absolute Gasteiger partial charge is 0.260 e. The molecule has 1 aromatic carbocycles. The van der Waals surface area contributed by atoms with Crippen molar-refractivity contribution in [1.82, 2.24) is 4.98 Å². The zero-order chi connectivity index (χ0) is 14.7. The number of nitrogens with two attached hydrogens (primary N) is 1. The average molecular weight is 314 g/mol. The predicted octanol–water partition coefficient (Wildman–Crippen LogP) is 2.22. The Morgan fingerprint density at radius 1 is 1.45 bits per heavy atom. The Morgan fingerprint density at radius 3 is 2.80 bits per heavy atom. The number of rotatable bonds is 4. The summed E-state index contributed by atoms with van der Waals surface area (Å²) < 4.78 is 13.5. The number of carbonyl (C=O) groups is 2. The summed E-state index contributed by atoms with van der Waals surface area (Å²) in [5, 5.41) is 2.85. The quantitative estimate of drug-likeness (QED) is 0.907. The van der Waals surface area contributed by atoms with E-state index in [4.69, 9.17) is 17.3 Å². The zero-order valence-corrected chi connectivity index (χ0v) is 11.6. The summed E-state index contributed by atoms with van der Waals surface area (Å²) in [6, 6.07) is 4.18. The number of nitrogens with zero attached hydrogens (tertiary/aromatic N) is 1. The number of aromatic nitrogens is 1. The number of thiazole rings is 1. The summed E-state index contributed by atoms with van der Waals surface area (Å²) in [6.07, 6.45) is 1.04. The molecule has 0 aliphatic rings. The fourth-order valence-electron chi connectivity index (χ4n) is 1.47. The molecule has 0 bridgehead atoms. The highest BCUT2D eigenvalue weighted by atomic mass is 35.5. The second-order valence-electron chi connectivity index (χ2n) is 3.82. The van der Waals surface area contributed by atoms with Gasteiger partial charge in [0.05, 0.1) is 12.6 Å². The van der Waals surface area contributed by atoms with E-state index < -0.39 is 17.6 Å². The molecule has 20 heavy (non-hydrogen) atoms. The molecular weight excluding hydrogens is 305 g/mol. The highest BCUT2D eigenvalue weighted by Gasteiger charge is 2.14. The van der Waals surface area contributed by atoms with Gasteiger partial charge in [0.1, 0.15) is 10.7 Å². The molecule has 3 N–H and O–H groups in total. The number of halogens is 2. The van der Waals surface area contributed by atoms with Crippen LogP contribution in [0.4, 0.5) is 9.52 Å². The van der Waals surface area contributed by atoms with Gasteiger partial charge in [-0.25, -0.2) is 9.37 Å². The van der Waals surface area contributed by atoms with Crippen LogP contribution < -0.4 is 11.1 Å². The molecule has 104 valence electrons. The maximum Gasteiger partial charge on any atom is 0.260 e. The second-order valence-corrected chi connectivity index (χ2v) is 5.26. The summed E-state index contributed by atoms with van der Waals surface area (Å²) in [7, 11) is 0. The van der Waals surface area contributed by atoms with E-state index in [9.17, 15) is 14.0 Å². The number of nitrogens with one attached hydrogen (secondary N) is 1. The minimum absolute atomic E-state index is 0.110. The first-order valence-corrected chi connectivity index (χ1v) is 6.65. The van der Waals surface area contributed by atoms with Gasteiger partial charge in [-0.15, -0.1) is 0 Å². The van der Waals surface area contributed by atoms with E-state index in [1.54, 1.807) is 0 Å². The number of anilines is 1. The molecular formula is C12H9ClFN3O2S. The lowest BCUT2D eigenvalue weighted by atomic mass is 10.1. The van der Waals surface area contributed by atoms with E-state index in [1.807, 2.05) is 0 Å². The van der Waals surface area contributed by atoms with E-state index in [2.05, 4.69) is 10.3 Å². The molecule has 2 rings (SSSR count). The fourth-order valence-corrected chi connectivity index (χ4v) is 2.39. The molecule has 5 nitrogen and oxygen atoms in total. The first-order valence-electron chi connectivity index (χ1n) is 5.45. The standard InChI is InChI=1S/C12H9ClFN3O2S/c13-7-2-1-3-8(14)6(7)4-10(18)17-12-16-5-9(20-12)11(15)19/h1-3,5H,4H2,(H2,15,19)(H,16,17,18). The topological polar surface area (TPSA) is 85.1 Å². The molecule has 0 fully saturated rings. The van der Waals surface area contributed by atoms with Crippen LogP contribution in [0.3, 0.4) is 0 Å². The van der Waals surface area contributed by atoms with Crippen molar-refractivity contribution in [2.75, 3.05) is 5.32 Å². The Balaban J connectivity index is 2.07. The number of hydrogen-bond donors (Lipinski definition) is 2. The van der Waals surface area contributed by atoms with Gasteiger partial charge >= 0.3 is 0 Å². The maximum absolute atomic E-state index is 13.5. The Labute approximate surface area is 122 Å². The summed E-state index contributed by atoms with van der Waals surface area (Å²) in [4.78, 5) is 26.7. The molecule has 0 radical (unpaired) electrons. The Hall–Kier alpha value is -1.99. The average Bonchev–Trinajstić information content (AvgIpc) is 2.82. The van der Waals surface area contributed by atoms with Crippen molar-refractivity contribution in [2.24, 2.45) is 5.73 Å². The molecule has 0 aliphatic heterocycles. The van der Waals surface area contributed by atoms with Crippen molar-refractivity contribution in [3.05, 3.63) is 45.7 Å². The van der Waals surface area contributed by atoms with Crippen molar-refractivity contribution in [3.63, 3.8) is 0 Å². The summed E-state index contributed by atoms with van der Waals surface area (Å²) in [6.45, 7) is 0. The van der Waals surface area contributed by atoms with Gasteiger partial charge in [-0.05, 0) is 12.1 Å². The number of primary amides is 1. The molecule has 0 spiro atoms. The van der Waals surface area contributed by atoms with Gasteiger partial charge in [-0.3, -0.25) is 9.59 Å². The monoisotopic (exact) mass is 313 g/mol. The Kier molecular flexibility index (Phi) is 4.31. The highest BCUT2D eigenvalue weighted by molar-refractivity contribution is 7.17. The molecule has 2 aromatic rings. The number of amides is 2. The molecule has 2 amide bonds. The summed E-state index contributed by atoms with van der Waals surface area (Å²) in [5.41, 5.74) is 5.18. The second kappa shape index (κ2) is 5.98. The van der Waals surface area contributed by atoms with Gasteiger partial charge < -0.3 is 11.1 Å². The van der Waals surface area contributed by atoms with Crippen LogP contribution in [0.1, 0.15) is 15.2 Å². The van der Waals surface area contributed by atoms with E-state index in [-0.39, 0.29) is 27.0 Å². The SMILES string of the molecule is NC(=O)c1cnc(NC(=O)Cc2c(F)cccc2Cl)s1. The van der Waals surface area contributed by atoms with Crippen molar-refractivity contribution >= 4 is 39.9 Å². The van der Waals surface area contributed by atoms with Crippen LogP contribution in [-0.4, -0.2) is 16.8 Å². The summed E-state index contributed by atoms with van der Waals surface area (Å²) in [5.74, 6) is -1.66. The lowest BCUT2D eigenvalue weighted by Gasteiger charge is -2.05. The van der Waals surface area contributed by atoms with E-state index in [0.29, 0.717) is 0 Å². The van der Waals surface area contributed by atoms with Crippen LogP contribution in [0.15, 0.2) is 24.4 Å². The first-order chi connectivity index (χ1) is 9.47. The molecule has 0 atom stereocenters. The van der Waals surface area contributed by atoms with E-state index >= 15 is 0 Å². The third kappa shape index (κ3) is 3.31. The van der Waals surface area contributed by atoms with Crippen LogP contribution in [0.2, 0.25) is 5.02 Å². The largest absolute Gasteiger partial charge is 0.365 e. The van der Waals surface area contributed by atoms with E-state index in [0.717, 1.165) is 11.3 Å². The van der Waals surface area contributed by atoms with Gasteiger partial charge in [-0.2, -0.15) is 0 Å². The van der Waals surface area contributed by atoms with Crippen LogP contribution in [0.5, 0.6) is 0 Å². The summed E-state index contributed by atoms with van der Waals surface area (Å²) >= 11 is 6.77. The van der Waals surface area contributed by atoms with Crippen molar-refractivity contribution < 1.29 is 14.0 Å². The third-order valence-electron chi connectivity index (χ3n) is 2.39. The normalized spacial score (nSPS) is 10.3.